The first-order chi connectivity index (χ1) is 9.38. The predicted octanol–water partition coefficient (Wildman–Crippen LogP) is 1.99. The molecule has 0 saturated carbocycles. The molecule has 0 aliphatic heterocycles. The van der Waals surface area contributed by atoms with Gasteiger partial charge in [0.25, 0.3) is 0 Å². The van der Waals surface area contributed by atoms with E-state index >= 15 is 0 Å². The van der Waals surface area contributed by atoms with Gasteiger partial charge in [-0.05, 0) is 13.1 Å². The Morgan fingerprint density at radius 2 is 1.85 bits per heavy atom. The van der Waals surface area contributed by atoms with Crippen molar-refractivity contribution < 1.29 is 14.3 Å². The first-order valence-corrected chi connectivity index (χ1v) is 6.97. The van der Waals surface area contributed by atoms with Crippen molar-refractivity contribution >= 4 is 21.8 Å². The van der Waals surface area contributed by atoms with E-state index < -0.39 is 0 Å². The SMILES string of the molecule is COc1cc(Br)c(CN(C)CC(=O)N(C)C)c(OC)c1. The van der Waals surface area contributed by atoms with E-state index in [1.807, 2.05) is 24.1 Å². The Bertz CT molecular complexity index is 478. The number of ether oxygens (including phenoxy) is 2. The number of likely N-dealkylation sites (N-methyl/N-ethyl adjacent to an activating group) is 2. The highest BCUT2D eigenvalue weighted by Gasteiger charge is 2.15. The monoisotopic (exact) mass is 344 g/mol. The van der Waals surface area contributed by atoms with E-state index in [1.165, 1.54) is 0 Å². The van der Waals surface area contributed by atoms with E-state index in [2.05, 4.69) is 15.9 Å². The fourth-order valence-electron chi connectivity index (χ4n) is 1.74. The third-order valence-corrected chi connectivity index (χ3v) is 3.62. The van der Waals surface area contributed by atoms with E-state index in [1.54, 1.807) is 33.2 Å². The molecular formula is C14H21BrN2O3. The molecule has 112 valence electrons. The lowest BCUT2D eigenvalue weighted by molar-refractivity contribution is -0.129. The molecule has 0 aromatic heterocycles. The maximum Gasteiger partial charge on any atom is 0.236 e. The summed E-state index contributed by atoms with van der Waals surface area (Å²) in [6.07, 6.45) is 0. The molecule has 20 heavy (non-hydrogen) atoms. The number of hydrogen-bond acceptors (Lipinski definition) is 4. The Hall–Kier alpha value is -1.27. The molecular weight excluding hydrogens is 324 g/mol. The van der Waals surface area contributed by atoms with Crippen LogP contribution in [0.5, 0.6) is 11.5 Å². The quantitative estimate of drug-likeness (QED) is 0.791. The van der Waals surface area contributed by atoms with Gasteiger partial charge in [-0.3, -0.25) is 9.69 Å². The van der Waals surface area contributed by atoms with Gasteiger partial charge in [-0.25, -0.2) is 0 Å². The fourth-order valence-corrected chi connectivity index (χ4v) is 2.29. The molecule has 0 atom stereocenters. The maximum atomic E-state index is 11.7. The number of benzene rings is 1. The van der Waals surface area contributed by atoms with Gasteiger partial charge in [-0.1, -0.05) is 15.9 Å². The molecule has 0 heterocycles. The highest BCUT2D eigenvalue weighted by atomic mass is 79.9. The van der Waals surface area contributed by atoms with Crippen molar-refractivity contribution in [2.75, 3.05) is 41.9 Å². The van der Waals surface area contributed by atoms with Gasteiger partial charge in [0.15, 0.2) is 0 Å². The topological polar surface area (TPSA) is 42.0 Å². The summed E-state index contributed by atoms with van der Waals surface area (Å²) in [6.45, 7) is 0.960. The van der Waals surface area contributed by atoms with Crippen LogP contribution < -0.4 is 9.47 Å². The second-order valence-corrected chi connectivity index (χ2v) is 5.60. The summed E-state index contributed by atoms with van der Waals surface area (Å²) < 4.78 is 11.5. The number of halogens is 1. The number of methoxy groups -OCH3 is 2. The van der Waals surface area contributed by atoms with Crippen molar-refractivity contribution in [1.82, 2.24) is 9.80 Å². The molecule has 1 aromatic rings. The predicted molar refractivity (Wildman–Crippen MR) is 82.3 cm³/mol. The molecule has 0 aliphatic carbocycles. The first-order valence-electron chi connectivity index (χ1n) is 6.18. The van der Waals surface area contributed by atoms with E-state index in [9.17, 15) is 4.79 Å². The van der Waals surface area contributed by atoms with Crippen LogP contribution in [0.15, 0.2) is 16.6 Å². The van der Waals surface area contributed by atoms with E-state index in [-0.39, 0.29) is 5.91 Å². The van der Waals surface area contributed by atoms with Crippen LogP contribution in [0.25, 0.3) is 0 Å². The zero-order valence-corrected chi connectivity index (χ0v) is 14.2. The Balaban J connectivity index is 2.88. The van der Waals surface area contributed by atoms with Gasteiger partial charge in [-0.15, -0.1) is 0 Å². The molecule has 0 fully saturated rings. The molecule has 0 spiro atoms. The molecule has 1 amide bonds. The average molecular weight is 345 g/mol. The Morgan fingerprint density at radius 3 is 2.35 bits per heavy atom. The van der Waals surface area contributed by atoms with Crippen LogP contribution in [-0.4, -0.2) is 57.6 Å². The average Bonchev–Trinajstić information content (AvgIpc) is 2.40. The standard InChI is InChI=1S/C14H21BrN2O3/c1-16(2)14(18)9-17(3)8-11-12(15)6-10(19-4)7-13(11)20-5/h6-7H,8-9H2,1-5H3. The van der Waals surface area contributed by atoms with Crippen LogP contribution in [0.3, 0.4) is 0 Å². The largest absolute Gasteiger partial charge is 0.497 e. The van der Waals surface area contributed by atoms with Gasteiger partial charge in [0.05, 0.1) is 20.8 Å². The summed E-state index contributed by atoms with van der Waals surface area (Å²) in [7, 11) is 8.63. The maximum absolute atomic E-state index is 11.7. The molecule has 0 unspecified atom stereocenters. The molecule has 0 bridgehead atoms. The van der Waals surface area contributed by atoms with Gasteiger partial charge in [0.1, 0.15) is 11.5 Å². The zero-order chi connectivity index (χ0) is 15.3. The van der Waals surface area contributed by atoms with Gasteiger partial charge in [0, 0.05) is 36.7 Å². The first kappa shape index (κ1) is 16.8. The lowest BCUT2D eigenvalue weighted by atomic mass is 10.1. The van der Waals surface area contributed by atoms with Crippen molar-refractivity contribution in [3.8, 4) is 11.5 Å². The smallest absolute Gasteiger partial charge is 0.236 e. The van der Waals surface area contributed by atoms with Crippen LogP contribution in [0, 0.1) is 0 Å². The minimum atomic E-state index is 0.0658. The van der Waals surface area contributed by atoms with Gasteiger partial charge < -0.3 is 14.4 Å². The third kappa shape index (κ3) is 4.38. The molecule has 5 nitrogen and oxygen atoms in total. The van der Waals surface area contributed by atoms with Crippen molar-refractivity contribution in [3.05, 3.63) is 22.2 Å². The van der Waals surface area contributed by atoms with Crippen molar-refractivity contribution in [2.45, 2.75) is 6.54 Å². The molecule has 0 aliphatic rings. The van der Waals surface area contributed by atoms with E-state index in [0.29, 0.717) is 13.1 Å². The molecule has 1 aromatic carbocycles. The molecule has 6 heteroatoms. The summed E-state index contributed by atoms with van der Waals surface area (Å²) in [5, 5.41) is 0. The van der Waals surface area contributed by atoms with Crippen LogP contribution in [0.4, 0.5) is 0 Å². The minimum Gasteiger partial charge on any atom is -0.497 e. The number of amides is 1. The fraction of sp³-hybridized carbons (Fsp3) is 0.500. The number of carbonyl (C=O) groups excluding carboxylic acids is 1. The van der Waals surface area contributed by atoms with Gasteiger partial charge in [-0.2, -0.15) is 0 Å². The lowest BCUT2D eigenvalue weighted by Crippen LogP contribution is -2.34. The summed E-state index contributed by atoms with van der Waals surface area (Å²) >= 11 is 3.52. The molecule has 0 N–H and O–H groups in total. The summed E-state index contributed by atoms with van der Waals surface area (Å²) in [4.78, 5) is 15.2. The van der Waals surface area contributed by atoms with Crippen LogP contribution in [0.2, 0.25) is 0 Å². The van der Waals surface area contributed by atoms with Gasteiger partial charge in [0.2, 0.25) is 5.91 Å². The van der Waals surface area contributed by atoms with Crippen LogP contribution in [0.1, 0.15) is 5.56 Å². The molecule has 0 radical (unpaired) electrons. The highest BCUT2D eigenvalue weighted by Crippen LogP contribution is 2.33. The van der Waals surface area contributed by atoms with Gasteiger partial charge >= 0.3 is 0 Å². The van der Waals surface area contributed by atoms with Crippen molar-refractivity contribution in [2.24, 2.45) is 0 Å². The molecule has 0 saturated heterocycles. The number of rotatable bonds is 6. The van der Waals surface area contributed by atoms with Crippen molar-refractivity contribution in [1.29, 1.82) is 0 Å². The zero-order valence-electron chi connectivity index (χ0n) is 12.6. The number of carbonyl (C=O) groups is 1. The summed E-state index contributed by atoms with van der Waals surface area (Å²) in [6, 6.07) is 3.72. The summed E-state index contributed by atoms with van der Waals surface area (Å²) in [5.41, 5.74) is 0.988. The number of hydrogen-bond donors (Lipinski definition) is 0. The van der Waals surface area contributed by atoms with E-state index in [4.69, 9.17) is 9.47 Å². The second kappa shape index (κ2) is 7.50. The Kier molecular flexibility index (Phi) is 6.29. The van der Waals surface area contributed by atoms with Crippen molar-refractivity contribution in [3.63, 3.8) is 0 Å². The second-order valence-electron chi connectivity index (χ2n) is 4.75. The summed E-state index contributed by atoms with van der Waals surface area (Å²) in [5.74, 6) is 1.53. The Labute approximate surface area is 128 Å². The molecule has 1 rings (SSSR count). The lowest BCUT2D eigenvalue weighted by Gasteiger charge is -2.21. The number of nitrogens with zero attached hydrogens (tertiary/aromatic N) is 2. The Morgan fingerprint density at radius 1 is 1.20 bits per heavy atom. The van der Waals surface area contributed by atoms with Crippen LogP contribution >= 0.6 is 15.9 Å². The third-order valence-electron chi connectivity index (χ3n) is 2.92. The minimum absolute atomic E-state index is 0.0658. The highest BCUT2D eigenvalue weighted by molar-refractivity contribution is 9.10. The van der Waals surface area contributed by atoms with E-state index in [0.717, 1.165) is 21.5 Å². The normalized spacial score (nSPS) is 10.6. The van der Waals surface area contributed by atoms with Crippen LogP contribution in [-0.2, 0) is 11.3 Å².